The lowest BCUT2D eigenvalue weighted by molar-refractivity contribution is -0.107. The van der Waals surface area contributed by atoms with Gasteiger partial charge < -0.3 is 9.53 Å². The van der Waals surface area contributed by atoms with E-state index in [0.29, 0.717) is 6.42 Å². The lowest BCUT2D eigenvalue weighted by Crippen LogP contribution is -1.95. The minimum atomic E-state index is 0.581. The van der Waals surface area contributed by atoms with Gasteiger partial charge in [-0.3, -0.25) is 4.98 Å². The smallest absolute Gasteiger partial charge is 0.141 e. The van der Waals surface area contributed by atoms with E-state index in [2.05, 4.69) is 20.9 Å². The van der Waals surface area contributed by atoms with E-state index in [9.17, 15) is 4.79 Å². The molecule has 3 nitrogen and oxygen atoms in total. The maximum absolute atomic E-state index is 10.2. The van der Waals surface area contributed by atoms with Crippen molar-refractivity contribution in [1.29, 1.82) is 0 Å². The number of aromatic nitrogens is 1. The highest BCUT2D eigenvalue weighted by atomic mass is 79.9. The van der Waals surface area contributed by atoms with Crippen LogP contribution in [-0.2, 0) is 11.2 Å². The Balaban J connectivity index is 2.76. The van der Waals surface area contributed by atoms with Gasteiger partial charge in [0, 0.05) is 22.7 Å². The van der Waals surface area contributed by atoms with Crippen LogP contribution in [-0.4, -0.2) is 18.4 Å². The standard InChI is InChI=1S/C10H12BrNO2/c1-14-10-7-12-6-9(11)8(10)4-2-3-5-13/h5-7H,2-4H2,1H3. The van der Waals surface area contributed by atoms with Crippen molar-refractivity contribution in [2.75, 3.05) is 7.11 Å². The van der Waals surface area contributed by atoms with Crippen molar-refractivity contribution in [2.45, 2.75) is 19.3 Å². The first-order valence-electron chi connectivity index (χ1n) is 4.39. The Kier molecular flexibility index (Phi) is 4.59. The Labute approximate surface area is 91.6 Å². The van der Waals surface area contributed by atoms with Crippen LogP contribution in [0.4, 0.5) is 0 Å². The lowest BCUT2D eigenvalue weighted by atomic mass is 10.1. The fourth-order valence-corrected chi connectivity index (χ4v) is 1.74. The summed E-state index contributed by atoms with van der Waals surface area (Å²) in [5.74, 6) is 0.769. The van der Waals surface area contributed by atoms with Crippen LogP contribution in [0.15, 0.2) is 16.9 Å². The van der Waals surface area contributed by atoms with Crippen molar-refractivity contribution in [3.63, 3.8) is 0 Å². The zero-order valence-corrected chi connectivity index (χ0v) is 9.58. The number of unbranched alkanes of at least 4 members (excludes halogenated alkanes) is 1. The fraction of sp³-hybridized carbons (Fsp3) is 0.400. The van der Waals surface area contributed by atoms with Crippen LogP contribution in [0, 0.1) is 0 Å². The molecule has 0 unspecified atom stereocenters. The molecule has 14 heavy (non-hydrogen) atoms. The summed E-state index contributed by atoms with van der Waals surface area (Å²) in [6.07, 6.45) is 6.59. The summed E-state index contributed by atoms with van der Waals surface area (Å²) < 4.78 is 6.11. The summed E-state index contributed by atoms with van der Waals surface area (Å²) >= 11 is 3.41. The molecule has 0 saturated heterocycles. The van der Waals surface area contributed by atoms with E-state index in [1.807, 2.05) is 0 Å². The zero-order chi connectivity index (χ0) is 10.4. The number of ether oxygens (including phenoxy) is 1. The van der Waals surface area contributed by atoms with E-state index in [4.69, 9.17) is 4.74 Å². The van der Waals surface area contributed by atoms with Gasteiger partial charge in [-0.1, -0.05) is 0 Å². The fourth-order valence-electron chi connectivity index (χ4n) is 1.22. The second kappa shape index (κ2) is 5.75. The number of nitrogens with zero attached hydrogens (tertiary/aromatic N) is 1. The molecule has 0 aliphatic rings. The van der Waals surface area contributed by atoms with Crippen molar-refractivity contribution >= 4 is 22.2 Å². The van der Waals surface area contributed by atoms with Gasteiger partial charge in [0.25, 0.3) is 0 Å². The van der Waals surface area contributed by atoms with Gasteiger partial charge in [-0.2, -0.15) is 0 Å². The highest BCUT2D eigenvalue weighted by molar-refractivity contribution is 9.10. The Bertz CT molecular complexity index is 315. The summed E-state index contributed by atoms with van der Waals surface area (Å²) in [6.45, 7) is 0. The number of carbonyl (C=O) groups is 1. The van der Waals surface area contributed by atoms with Crippen LogP contribution in [0.2, 0.25) is 0 Å². The minimum Gasteiger partial charge on any atom is -0.495 e. The molecule has 1 rings (SSSR count). The number of rotatable bonds is 5. The van der Waals surface area contributed by atoms with Gasteiger partial charge in [0.1, 0.15) is 12.0 Å². The molecule has 0 N–H and O–H groups in total. The van der Waals surface area contributed by atoms with E-state index in [1.165, 1.54) is 0 Å². The molecule has 0 aromatic carbocycles. The van der Waals surface area contributed by atoms with Gasteiger partial charge in [0.2, 0.25) is 0 Å². The highest BCUT2D eigenvalue weighted by Gasteiger charge is 2.06. The zero-order valence-electron chi connectivity index (χ0n) is 8.00. The van der Waals surface area contributed by atoms with Crippen LogP contribution in [0.5, 0.6) is 5.75 Å². The van der Waals surface area contributed by atoms with Gasteiger partial charge in [-0.25, -0.2) is 0 Å². The second-order valence-electron chi connectivity index (χ2n) is 2.86. The quantitative estimate of drug-likeness (QED) is 0.601. The molecule has 0 saturated carbocycles. The summed E-state index contributed by atoms with van der Waals surface area (Å²) in [6, 6.07) is 0. The number of carbonyl (C=O) groups excluding carboxylic acids is 1. The molecule has 0 radical (unpaired) electrons. The molecule has 1 aromatic rings. The number of pyridine rings is 1. The maximum Gasteiger partial charge on any atom is 0.141 e. The van der Waals surface area contributed by atoms with E-state index in [0.717, 1.165) is 34.9 Å². The summed E-state index contributed by atoms with van der Waals surface area (Å²) in [7, 11) is 1.62. The van der Waals surface area contributed by atoms with Gasteiger partial charge in [-0.05, 0) is 28.8 Å². The van der Waals surface area contributed by atoms with Gasteiger partial charge in [-0.15, -0.1) is 0 Å². The topological polar surface area (TPSA) is 39.2 Å². The maximum atomic E-state index is 10.2. The van der Waals surface area contributed by atoms with Crippen molar-refractivity contribution < 1.29 is 9.53 Å². The number of hydrogen-bond donors (Lipinski definition) is 0. The second-order valence-corrected chi connectivity index (χ2v) is 3.72. The van der Waals surface area contributed by atoms with Crippen LogP contribution in [0.3, 0.4) is 0 Å². The van der Waals surface area contributed by atoms with Crippen LogP contribution < -0.4 is 4.74 Å². The summed E-state index contributed by atoms with van der Waals surface area (Å²) in [4.78, 5) is 14.2. The number of methoxy groups -OCH3 is 1. The van der Waals surface area contributed by atoms with Crippen LogP contribution >= 0.6 is 15.9 Å². The van der Waals surface area contributed by atoms with Crippen molar-refractivity contribution in [3.05, 3.63) is 22.4 Å². The van der Waals surface area contributed by atoms with Gasteiger partial charge in [0.05, 0.1) is 13.3 Å². The number of aldehydes is 1. The molecule has 0 atom stereocenters. The van der Waals surface area contributed by atoms with Gasteiger partial charge >= 0.3 is 0 Å². The van der Waals surface area contributed by atoms with Crippen molar-refractivity contribution in [3.8, 4) is 5.75 Å². The third-order valence-electron chi connectivity index (χ3n) is 1.93. The Morgan fingerprint density at radius 2 is 2.36 bits per heavy atom. The monoisotopic (exact) mass is 257 g/mol. The molecule has 0 fully saturated rings. The molecule has 1 aromatic heterocycles. The van der Waals surface area contributed by atoms with Crippen molar-refractivity contribution in [1.82, 2.24) is 4.98 Å². The third-order valence-corrected chi connectivity index (χ3v) is 2.62. The molecule has 0 aliphatic carbocycles. The molecule has 0 spiro atoms. The average Bonchev–Trinajstić information content (AvgIpc) is 2.20. The molecule has 4 heteroatoms. The van der Waals surface area contributed by atoms with E-state index in [-0.39, 0.29) is 0 Å². The normalized spacial score (nSPS) is 9.86. The Hall–Kier alpha value is -0.900. The lowest BCUT2D eigenvalue weighted by Gasteiger charge is -2.08. The first kappa shape index (κ1) is 11.2. The first-order valence-corrected chi connectivity index (χ1v) is 5.19. The Morgan fingerprint density at radius 1 is 1.57 bits per heavy atom. The predicted molar refractivity (Wildman–Crippen MR) is 57.5 cm³/mol. The number of halogens is 1. The molecule has 0 bridgehead atoms. The first-order chi connectivity index (χ1) is 6.79. The third kappa shape index (κ3) is 2.80. The summed E-state index contributed by atoms with van der Waals surface area (Å²) in [5, 5.41) is 0. The van der Waals surface area contributed by atoms with Gasteiger partial charge in [0.15, 0.2) is 0 Å². The minimum absolute atomic E-state index is 0.581. The Morgan fingerprint density at radius 3 is 3.00 bits per heavy atom. The molecular weight excluding hydrogens is 246 g/mol. The molecule has 1 heterocycles. The van der Waals surface area contributed by atoms with Crippen LogP contribution in [0.1, 0.15) is 18.4 Å². The van der Waals surface area contributed by atoms with E-state index in [1.54, 1.807) is 19.5 Å². The molecule has 76 valence electrons. The van der Waals surface area contributed by atoms with Crippen LogP contribution in [0.25, 0.3) is 0 Å². The van der Waals surface area contributed by atoms with E-state index < -0.39 is 0 Å². The molecular formula is C10H12BrNO2. The van der Waals surface area contributed by atoms with E-state index >= 15 is 0 Å². The number of hydrogen-bond acceptors (Lipinski definition) is 3. The molecule has 0 amide bonds. The molecule has 0 aliphatic heterocycles. The van der Waals surface area contributed by atoms with Crippen molar-refractivity contribution in [2.24, 2.45) is 0 Å². The predicted octanol–water partition coefficient (Wildman–Crippen LogP) is 2.37. The largest absolute Gasteiger partial charge is 0.495 e. The SMILES string of the molecule is COc1cncc(Br)c1CCCC=O. The summed E-state index contributed by atoms with van der Waals surface area (Å²) in [5.41, 5.74) is 1.07. The highest BCUT2D eigenvalue weighted by Crippen LogP contribution is 2.26. The average molecular weight is 258 g/mol.